The molecule has 2 N–H and O–H groups in total. The molecule has 1 aromatic carbocycles. The van der Waals surface area contributed by atoms with Crippen molar-refractivity contribution in [2.75, 3.05) is 11.4 Å². The molecule has 6 nitrogen and oxygen atoms in total. The fourth-order valence-corrected chi connectivity index (χ4v) is 3.63. The molecule has 0 spiro atoms. The molecule has 24 heavy (non-hydrogen) atoms. The van der Waals surface area contributed by atoms with E-state index in [9.17, 15) is 4.79 Å². The van der Waals surface area contributed by atoms with Gasteiger partial charge in [0, 0.05) is 24.7 Å². The van der Waals surface area contributed by atoms with Crippen LogP contribution in [0.4, 0.5) is 5.69 Å². The first-order valence-corrected chi connectivity index (χ1v) is 8.11. The zero-order chi connectivity index (χ0) is 16.0. The largest absolute Gasteiger partial charge is 0.334 e. The highest BCUT2D eigenvalue weighted by molar-refractivity contribution is 5.94. The number of nitrogens with two attached hydrogens (primary N) is 1. The van der Waals surface area contributed by atoms with Gasteiger partial charge in [0.05, 0.1) is 5.54 Å². The lowest BCUT2D eigenvalue weighted by molar-refractivity contribution is -0.116. The Morgan fingerprint density at radius 1 is 1.33 bits per heavy atom. The Labute approximate surface area is 146 Å². The van der Waals surface area contributed by atoms with Gasteiger partial charge in [-0.3, -0.25) is 4.79 Å². The van der Waals surface area contributed by atoms with Crippen LogP contribution < -0.4 is 10.6 Å². The number of benzene rings is 1. The number of anilines is 1. The van der Waals surface area contributed by atoms with Gasteiger partial charge in [0.15, 0.2) is 5.82 Å². The molecule has 1 fully saturated rings. The maximum absolute atomic E-state index is 11.6. The summed E-state index contributed by atoms with van der Waals surface area (Å²) in [6.07, 6.45) is 4.89. The van der Waals surface area contributed by atoms with E-state index in [2.05, 4.69) is 10.1 Å². The predicted octanol–water partition coefficient (Wildman–Crippen LogP) is 2.80. The Balaban J connectivity index is 0.00000169. The van der Waals surface area contributed by atoms with Crippen LogP contribution in [-0.4, -0.2) is 22.6 Å². The lowest BCUT2D eigenvalue weighted by Crippen LogP contribution is -2.34. The van der Waals surface area contributed by atoms with Gasteiger partial charge < -0.3 is 15.2 Å². The van der Waals surface area contributed by atoms with Crippen molar-refractivity contribution in [1.29, 1.82) is 0 Å². The summed E-state index contributed by atoms with van der Waals surface area (Å²) in [5.41, 5.74) is 8.95. The lowest BCUT2D eigenvalue weighted by atomic mass is 9.98. The Morgan fingerprint density at radius 3 is 2.79 bits per heavy atom. The summed E-state index contributed by atoms with van der Waals surface area (Å²) in [5.74, 6) is 1.18. The molecule has 2 heterocycles. The van der Waals surface area contributed by atoms with Crippen molar-refractivity contribution in [1.82, 2.24) is 10.1 Å². The maximum atomic E-state index is 11.6. The van der Waals surface area contributed by atoms with Crippen LogP contribution in [0.25, 0.3) is 11.5 Å². The molecule has 0 atom stereocenters. The minimum absolute atomic E-state index is 0. The maximum Gasteiger partial charge on any atom is 0.258 e. The third-order valence-electron chi connectivity index (χ3n) is 4.97. The van der Waals surface area contributed by atoms with Gasteiger partial charge in [-0.2, -0.15) is 4.98 Å². The highest BCUT2D eigenvalue weighted by atomic mass is 35.5. The Morgan fingerprint density at radius 2 is 2.08 bits per heavy atom. The van der Waals surface area contributed by atoms with Crippen molar-refractivity contribution >= 4 is 24.0 Å². The fourth-order valence-electron chi connectivity index (χ4n) is 3.63. The standard InChI is InChI=1S/C17H20N4O2.ClH/c1-11(22)21-9-6-12-10-13(4-5-14(12)21)15-19-16(20-23-15)17(18)7-2-3-8-17;/h4-5,10H,2-3,6-9,18H2,1H3;1H. The summed E-state index contributed by atoms with van der Waals surface area (Å²) in [5, 5.41) is 4.11. The van der Waals surface area contributed by atoms with E-state index >= 15 is 0 Å². The zero-order valence-corrected chi connectivity index (χ0v) is 14.4. The first-order chi connectivity index (χ1) is 11.1. The van der Waals surface area contributed by atoms with Crippen LogP contribution in [-0.2, 0) is 16.8 Å². The summed E-state index contributed by atoms with van der Waals surface area (Å²) < 4.78 is 5.44. The molecule has 0 saturated heterocycles. The second kappa shape index (κ2) is 6.18. The second-order valence-electron chi connectivity index (χ2n) is 6.55. The predicted molar refractivity (Wildman–Crippen MR) is 93.0 cm³/mol. The van der Waals surface area contributed by atoms with Gasteiger partial charge in [-0.05, 0) is 43.0 Å². The van der Waals surface area contributed by atoms with E-state index in [4.69, 9.17) is 10.3 Å². The molecule has 2 aliphatic rings. The lowest BCUT2D eigenvalue weighted by Gasteiger charge is -2.17. The van der Waals surface area contributed by atoms with Gasteiger partial charge in [0.25, 0.3) is 5.89 Å². The molecule has 4 rings (SSSR count). The van der Waals surface area contributed by atoms with Gasteiger partial charge in [-0.15, -0.1) is 12.4 Å². The molecular formula is C17H21ClN4O2. The Kier molecular flexibility index (Phi) is 4.36. The molecule has 1 aliphatic carbocycles. The monoisotopic (exact) mass is 348 g/mol. The molecule has 7 heteroatoms. The van der Waals surface area contributed by atoms with Crippen molar-refractivity contribution < 1.29 is 9.32 Å². The van der Waals surface area contributed by atoms with Crippen LogP contribution in [0.2, 0.25) is 0 Å². The number of carbonyl (C=O) groups excluding carboxylic acids is 1. The molecule has 1 aromatic heterocycles. The first kappa shape index (κ1) is 16.9. The van der Waals surface area contributed by atoms with Crippen LogP contribution >= 0.6 is 12.4 Å². The van der Waals surface area contributed by atoms with Gasteiger partial charge in [-0.1, -0.05) is 18.0 Å². The number of carbonyl (C=O) groups is 1. The normalized spacial score (nSPS) is 18.3. The van der Waals surface area contributed by atoms with E-state index in [1.165, 1.54) is 0 Å². The van der Waals surface area contributed by atoms with Gasteiger partial charge in [-0.25, -0.2) is 0 Å². The topological polar surface area (TPSA) is 85.2 Å². The van der Waals surface area contributed by atoms with E-state index in [1.807, 2.05) is 18.2 Å². The number of fused-ring (bicyclic) bond motifs is 1. The number of amides is 1. The number of hydrogen-bond donors (Lipinski definition) is 1. The summed E-state index contributed by atoms with van der Waals surface area (Å²) in [6.45, 7) is 2.32. The summed E-state index contributed by atoms with van der Waals surface area (Å²) >= 11 is 0. The number of aromatic nitrogens is 2. The van der Waals surface area contributed by atoms with Crippen molar-refractivity contribution in [3.63, 3.8) is 0 Å². The van der Waals surface area contributed by atoms with Crippen LogP contribution in [0.5, 0.6) is 0 Å². The van der Waals surface area contributed by atoms with Crippen molar-refractivity contribution in [3.8, 4) is 11.5 Å². The molecule has 0 bridgehead atoms. The Hall–Kier alpha value is -1.92. The van der Waals surface area contributed by atoms with Gasteiger partial charge in [0.2, 0.25) is 5.91 Å². The van der Waals surface area contributed by atoms with E-state index in [1.54, 1.807) is 11.8 Å². The second-order valence-corrected chi connectivity index (χ2v) is 6.55. The Bertz CT molecular complexity index is 768. The average Bonchev–Trinajstić information content (AvgIpc) is 3.25. The summed E-state index contributed by atoms with van der Waals surface area (Å²) in [4.78, 5) is 17.9. The van der Waals surface area contributed by atoms with Crippen molar-refractivity contribution in [2.45, 2.75) is 44.6 Å². The summed E-state index contributed by atoms with van der Waals surface area (Å²) in [7, 11) is 0. The van der Waals surface area contributed by atoms with Crippen LogP contribution in [0.1, 0.15) is 44.0 Å². The zero-order valence-electron chi connectivity index (χ0n) is 13.6. The number of nitrogens with zero attached hydrogens (tertiary/aromatic N) is 3. The van der Waals surface area contributed by atoms with E-state index < -0.39 is 5.54 Å². The van der Waals surface area contributed by atoms with E-state index in [0.717, 1.165) is 55.5 Å². The third-order valence-corrected chi connectivity index (χ3v) is 4.97. The van der Waals surface area contributed by atoms with Crippen LogP contribution in [0.15, 0.2) is 22.7 Å². The molecule has 1 aliphatic heterocycles. The third kappa shape index (κ3) is 2.70. The summed E-state index contributed by atoms with van der Waals surface area (Å²) in [6, 6.07) is 5.92. The highest BCUT2D eigenvalue weighted by Gasteiger charge is 2.36. The van der Waals surface area contributed by atoms with Crippen LogP contribution in [0, 0.1) is 0 Å². The van der Waals surface area contributed by atoms with E-state index in [-0.39, 0.29) is 18.3 Å². The van der Waals surface area contributed by atoms with Crippen molar-refractivity contribution in [2.24, 2.45) is 5.73 Å². The quantitative estimate of drug-likeness (QED) is 0.901. The molecule has 1 amide bonds. The molecule has 1 saturated carbocycles. The molecule has 2 aromatic rings. The number of halogens is 1. The van der Waals surface area contributed by atoms with Crippen molar-refractivity contribution in [3.05, 3.63) is 29.6 Å². The van der Waals surface area contributed by atoms with E-state index in [0.29, 0.717) is 11.7 Å². The minimum Gasteiger partial charge on any atom is -0.334 e. The SMILES string of the molecule is CC(=O)N1CCc2cc(-c3nc(C4(N)CCCC4)no3)ccc21.Cl. The average molecular weight is 349 g/mol. The number of hydrogen-bond acceptors (Lipinski definition) is 5. The molecular weight excluding hydrogens is 328 g/mol. The molecule has 128 valence electrons. The number of rotatable bonds is 2. The van der Waals surface area contributed by atoms with Crippen LogP contribution in [0.3, 0.4) is 0 Å². The van der Waals surface area contributed by atoms with Gasteiger partial charge >= 0.3 is 0 Å². The molecule has 0 unspecified atom stereocenters. The fraction of sp³-hybridized carbons (Fsp3) is 0.471. The molecule has 0 radical (unpaired) electrons. The van der Waals surface area contributed by atoms with Gasteiger partial charge in [0.1, 0.15) is 0 Å². The smallest absolute Gasteiger partial charge is 0.258 e. The highest BCUT2D eigenvalue weighted by Crippen LogP contribution is 2.36. The first-order valence-electron chi connectivity index (χ1n) is 8.11. The minimum atomic E-state index is -0.441.